The molecule has 1 unspecified atom stereocenters. The van der Waals surface area contributed by atoms with Crippen molar-refractivity contribution in [1.29, 1.82) is 0 Å². The van der Waals surface area contributed by atoms with E-state index in [0.29, 0.717) is 6.42 Å². The van der Waals surface area contributed by atoms with Crippen molar-refractivity contribution in [2.75, 3.05) is 5.75 Å². The first-order valence-electron chi connectivity index (χ1n) is 9.99. The van der Waals surface area contributed by atoms with Crippen LogP contribution in [0.15, 0.2) is 91.0 Å². The largest absolute Gasteiger partial charge is 0.480 e. The van der Waals surface area contributed by atoms with E-state index in [-0.39, 0.29) is 10.8 Å². The zero-order chi connectivity index (χ0) is 20.1. The molecule has 2 N–H and O–H groups in total. The molecule has 0 saturated carbocycles. The van der Waals surface area contributed by atoms with Crippen molar-refractivity contribution in [3.63, 3.8) is 0 Å². The van der Waals surface area contributed by atoms with Crippen LogP contribution in [0.3, 0.4) is 0 Å². The maximum absolute atomic E-state index is 11.3. The average molecular weight is 404 g/mol. The molecule has 0 aliphatic carbocycles. The van der Waals surface area contributed by atoms with E-state index < -0.39 is 12.0 Å². The first-order chi connectivity index (χ1) is 14.2. The molecule has 0 spiro atoms. The zero-order valence-corrected chi connectivity index (χ0v) is 17.0. The molecule has 3 nitrogen and oxygen atoms in total. The van der Waals surface area contributed by atoms with E-state index in [1.54, 1.807) is 0 Å². The van der Waals surface area contributed by atoms with Crippen molar-refractivity contribution in [3.8, 4) is 0 Å². The number of hydrogen-bond donors (Lipinski definition) is 2. The summed E-state index contributed by atoms with van der Waals surface area (Å²) in [7, 11) is 0. The summed E-state index contributed by atoms with van der Waals surface area (Å²) in [6.07, 6.45) is 1.58. The summed E-state index contributed by atoms with van der Waals surface area (Å²) in [5, 5.41) is 12.6. The number of aliphatic carboxylic acids is 1. The van der Waals surface area contributed by atoms with E-state index >= 15 is 0 Å². The van der Waals surface area contributed by atoms with Gasteiger partial charge in [0.2, 0.25) is 0 Å². The number of carboxylic acids is 1. The van der Waals surface area contributed by atoms with Gasteiger partial charge < -0.3 is 10.4 Å². The van der Waals surface area contributed by atoms with Gasteiger partial charge in [0.1, 0.15) is 6.04 Å². The van der Waals surface area contributed by atoms with E-state index in [0.717, 1.165) is 12.2 Å². The van der Waals surface area contributed by atoms with E-state index in [1.165, 1.54) is 16.7 Å². The Labute approximate surface area is 176 Å². The molecule has 1 saturated heterocycles. The van der Waals surface area contributed by atoms with Crippen molar-refractivity contribution in [2.24, 2.45) is 0 Å². The van der Waals surface area contributed by atoms with Gasteiger partial charge in [0.05, 0.1) is 4.75 Å². The lowest BCUT2D eigenvalue weighted by atomic mass is 9.84. The summed E-state index contributed by atoms with van der Waals surface area (Å²) < 4.78 is -0.354. The highest BCUT2D eigenvalue weighted by molar-refractivity contribution is 8.00. The Balaban J connectivity index is 1.75. The molecule has 1 fully saturated rings. The van der Waals surface area contributed by atoms with Crippen LogP contribution >= 0.6 is 11.8 Å². The molecule has 0 amide bonds. The number of benzene rings is 3. The van der Waals surface area contributed by atoms with Gasteiger partial charge in [0.15, 0.2) is 0 Å². The summed E-state index contributed by atoms with van der Waals surface area (Å²) >= 11 is 1.88. The van der Waals surface area contributed by atoms with Crippen LogP contribution in [-0.4, -0.2) is 28.9 Å². The molecule has 0 bridgehead atoms. The summed E-state index contributed by atoms with van der Waals surface area (Å²) in [5.74, 6) is 0.0839. The summed E-state index contributed by atoms with van der Waals surface area (Å²) in [5.41, 5.74) is 3.69. The van der Waals surface area contributed by atoms with Gasteiger partial charge in [0, 0.05) is 11.8 Å². The van der Waals surface area contributed by atoms with Crippen molar-refractivity contribution < 1.29 is 9.90 Å². The van der Waals surface area contributed by atoms with Crippen molar-refractivity contribution >= 4 is 17.7 Å². The first kappa shape index (κ1) is 19.7. The van der Waals surface area contributed by atoms with Crippen molar-refractivity contribution in [3.05, 3.63) is 108 Å². The quantitative estimate of drug-likeness (QED) is 0.550. The van der Waals surface area contributed by atoms with Gasteiger partial charge >= 0.3 is 5.97 Å². The fourth-order valence-electron chi connectivity index (χ4n) is 4.14. The minimum Gasteiger partial charge on any atom is -0.480 e. The third-order valence-corrected chi connectivity index (χ3v) is 7.29. The highest BCUT2D eigenvalue weighted by atomic mass is 32.2. The van der Waals surface area contributed by atoms with Crippen LogP contribution in [0.1, 0.15) is 29.5 Å². The first-order valence-corrected chi connectivity index (χ1v) is 11.0. The fraction of sp³-hybridized carbons (Fsp3) is 0.240. The van der Waals surface area contributed by atoms with E-state index in [9.17, 15) is 9.90 Å². The lowest BCUT2D eigenvalue weighted by Gasteiger charge is -2.36. The van der Waals surface area contributed by atoms with Crippen molar-refractivity contribution in [2.45, 2.75) is 29.7 Å². The Hall–Kier alpha value is -2.56. The highest BCUT2D eigenvalue weighted by Gasteiger charge is 2.38. The van der Waals surface area contributed by atoms with E-state index in [2.05, 4.69) is 78.1 Å². The van der Waals surface area contributed by atoms with Crippen LogP contribution in [0.4, 0.5) is 0 Å². The summed E-state index contributed by atoms with van der Waals surface area (Å²) in [4.78, 5) is 11.3. The third-order valence-electron chi connectivity index (χ3n) is 5.58. The maximum Gasteiger partial charge on any atom is 0.320 e. The monoisotopic (exact) mass is 403 g/mol. The molecule has 3 aromatic rings. The molecular formula is C25H25NO2S. The van der Waals surface area contributed by atoms with Crippen LogP contribution in [0.2, 0.25) is 0 Å². The number of carboxylic acid groups (broad SMARTS) is 1. The molecule has 4 rings (SSSR count). The van der Waals surface area contributed by atoms with Gasteiger partial charge in [-0.15, -0.1) is 11.8 Å². The SMILES string of the molecule is O=C(O)[C@@H]1CCC(CSC(c2ccccc2)(c2ccccc2)c2ccccc2)N1. The average Bonchev–Trinajstić information content (AvgIpc) is 3.26. The molecular weight excluding hydrogens is 378 g/mol. The molecule has 2 atom stereocenters. The highest BCUT2D eigenvalue weighted by Crippen LogP contribution is 2.48. The smallest absolute Gasteiger partial charge is 0.320 e. The molecule has 29 heavy (non-hydrogen) atoms. The van der Waals surface area contributed by atoms with Gasteiger partial charge in [0.25, 0.3) is 0 Å². The molecule has 1 aliphatic rings. The predicted molar refractivity (Wildman–Crippen MR) is 119 cm³/mol. The second-order valence-corrected chi connectivity index (χ2v) is 8.66. The third kappa shape index (κ3) is 4.09. The van der Waals surface area contributed by atoms with Gasteiger partial charge in [-0.3, -0.25) is 4.79 Å². The molecule has 0 aromatic heterocycles. The van der Waals surface area contributed by atoms with Gasteiger partial charge in [-0.2, -0.15) is 0 Å². The van der Waals surface area contributed by atoms with Crippen LogP contribution in [0.5, 0.6) is 0 Å². The van der Waals surface area contributed by atoms with Gasteiger partial charge in [-0.25, -0.2) is 0 Å². The van der Waals surface area contributed by atoms with Gasteiger partial charge in [-0.05, 0) is 29.5 Å². The lowest BCUT2D eigenvalue weighted by Crippen LogP contribution is -2.37. The van der Waals surface area contributed by atoms with E-state index in [1.807, 2.05) is 30.0 Å². The predicted octanol–water partition coefficient (Wildman–Crippen LogP) is 4.92. The normalized spacial score (nSPS) is 19.2. The van der Waals surface area contributed by atoms with Gasteiger partial charge in [-0.1, -0.05) is 91.0 Å². The van der Waals surface area contributed by atoms with Crippen molar-refractivity contribution in [1.82, 2.24) is 5.32 Å². The summed E-state index contributed by atoms with van der Waals surface area (Å²) in [6, 6.07) is 31.6. The minimum atomic E-state index is -0.752. The maximum atomic E-state index is 11.3. The molecule has 1 heterocycles. The fourth-order valence-corrected chi connectivity index (χ4v) is 5.76. The Morgan fingerprint density at radius 1 is 0.828 bits per heavy atom. The molecule has 4 heteroatoms. The van der Waals surface area contributed by atoms with E-state index in [4.69, 9.17) is 0 Å². The number of nitrogens with one attached hydrogen (secondary N) is 1. The number of rotatable bonds is 7. The molecule has 0 radical (unpaired) electrons. The second kappa shape index (κ2) is 8.85. The lowest BCUT2D eigenvalue weighted by molar-refractivity contribution is -0.139. The second-order valence-electron chi connectivity index (χ2n) is 7.42. The zero-order valence-electron chi connectivity index (χ0n) is 16.2. The number of hydrogen-bond acceptors (Lipinski definition) is 3. The molecule has 3 aromatic carbocycles. The number of thioether (sulfide) groups is 1. The van der Waals surface area contributed by atoms with Crippen LogP contribution < -0.4 is 5.32 Å². The Morgan fingerprint density at radius 2 is 1.28 bits per heavy atom. The topological polar surface area (TPSA) is 49.3 Å². The van der Waals surface area contributed by atoms with Crippen LogP contribution in [0, 0.1) is 0 Å². The Morgan fingerprint density at radius 3 is 1.66 bits per heavy atom. The minimum absolute atomic E-state index is 0.191. The Kier molecular flexibility index (Phi) is 6.02. The number of carbonyl (C=O) groups is 1. The Bertz CT molecular complexity index is 834. The van der Waals surface area contributed by atoms with Crippen LogP contribution in [-0.2, 0) is 9.54 Å². The standard InChI is InChI=1S/C25H25NO2S/c27-24(28)23-17-16-22(26-23)18-29-25(19-10-4-1-5-11-19,20-12-6-2-7-13-20)21-14-8-3-9-15-21/h1-15,22-23,26H,16-18H2,(H,27,28)/t22?,23-/m0/s1. The molecule has 1 aliphatic heterocycles. The molecule has 148 valence electrons. The summed E-state index contributed by atoms with van der Waals surface area (Å²) in [6.45, 7) is 0. The van der Waals surface area contributed by atoms with Crippen LogP contribution in [0.25, 0.3) is 0 Å².